The predicted molar refractivity (Wildman–Crippen MR) is 58.0 cm³/mol. The number of thiol groups is 1. The van der Waals surface area contributed by atoms with Crippen molar-refractivity contribution in [2.45, 2.75) is 0 Å². The average Bonchev–Trinajstić information content (AvgIpc) is 2.48. The highest BCUT2D eigenvalue weighted by molar-refractivity contribution is 7.84. The van der Waals surface area contributed by atoms with Crippen LogP contribution in [0.2, 0.25) is 0 Å². The van der Waals surface area contributed by atoms with Crippen LogP contribution < -0.4 is 4.90 Å². The fraction of sp³-hybridized carbons (Fsp3) is 0.222. The van der Waals surface area contributed by atoms with Gasteiger partial charge in [-0.05, 0) is 11.0 Å². The second-order valence-electron chi connectivity index (χ2n) is 2.76. The fourth-order valence-corrected chi connectivity index (χ4v) is 0.805. The van der Waals surface area contributed by atoms with Crippen molar-refractivity contribution in [1.29, 1.82) is 0 Å². The van der Waals surface area contributed by atoms with Crippen molar-refractivity contribution in [3.05, 3.63) is 29.6 Å². The zero-order valence-corrected chi connectivity index (χ0v) is 8.58. The molecule has 0 radical (unpaired) electrons. The van der Waals surface area contributed by atoms with Gasteiger partial charge in [0.1, 0.15) is 0 Å². The lowest BCUT2D eigenvalue weighted by Crippen LogP contribution is -2.06. The van der Waals surface area contributed by atoms with Crippen molar-refractivity contribution in [1.82, 2.24) is 4.98 Å². The predicted octanol–water partition coefficient (Wildman–Crippen LogP) is 2.20. The van der Waals surface area contributed by atoms with E-state index >= 15 is 0 Å². The van der Waals surface area contributed by atoms with Gasteiger partial charge in [0, 0.05) is 20.2 Å². The Kier molecular flexibility index (Phi) is 3.19. The molecule has 0 aliphatic rings. The smallest absolute Gasteiger partial charge is 0.221 e. The van der Waals surface area contributed by atoms with Crippen molar-refractivity contribution >= 4 is 24.6 Å². The first-order valence-electron chi connectivity index (χ1n) is 3.78. The summed E-state index contributed by atoms with van der Waals surface area (Å²) in [6.07, 6.45) is 5.12. The Labute approximate surface area is 83.2 Å². The van der Waals surface area contributed by atoms with Crippen LogP contribution >= 0.6 is 12.6 Å². The van der Waals surface area contributed by atoms with Gasteiger partial charge < -0.3 is 9.32 Å². The normalized spacial score (nSPS) is 10.7. The maximum atomic E-state index is 5.35. The first kappa shape index (κ1) is 9.92. The highest BCUT2D eigenvalue weighted by Gasteiger charge is 2.01. The maximum absolute atomic E-state index is 5.35. The minimum Gasteiger partial charge on any atom is -0.421 e. The molecule has 0 spiro atoms. The summed E-state index contributed by atoms with van der Waals surface area (Å²) in [5.41, 5.74) is 0. The number of rotatable bonds is 3. The van der Waals surface area contributed by atoms with Crippen LogP contribution in [0.15, 0.2) is 28.2 Å². The van der Waals surface area contributed by atoms with Crippen LogP contribution in [-0.4, -0.2) is 19.1 Å². The first-order valence-corrected chi connectivity index (χ1v) is 4.23. The SMILES string of the molecule is C=C(S)/C=C/c1ncc(N(C)C)o1. The number of aromatic nitrogens is 1. The van der Waals surface area contributed by atoms with E-state index in [4.69, 9.17) is 4.42 Å². The summed E-state index contributed by atoms with van der Waals surface area (Å²) in [6.45, 7) is 3.61. The van der Waals surface area contributed by atoms with E-state index in [-0.39, 0.29) is 0 Å². The van der Waals surface area contributed by atoms with E-state index in [1.54, 1.807) is 18.3 Å². The lowest BCUT2D eigenvalue weighted by Gasteiger charge is -2.04. The van der Waals surface area contributed by atoms with Crippen LogP contribution in [0.4, 0.5) is 5.88 Å². The second-order valence-corrected chi connectivity index (χ2v) is 3.33. The van der Waals surface area contributed by atoms with E-state index in [2.05, 4.69) is 24.2 Å². The van der Waals surface area contributed by atoms with Gasteiger partial charge in [0.15, 0.2) is 0 Å². The average molecular weight is 196 g/mol. The molecule has 0 saturated carbocycles. The Morgan fingerprint density at radius 3 is 2.85 bits per heavy atom. The standard InChI is InChI=1S/C9H12N2OS/c1-7(13)4-5-8-10-6-9(12-8)11(2)3/h4-6,13H,1H2,2-3H3/b5-4+. The molecule has 0 amide bonds. The zero-order valence-electron chi connectivity index (χ0n) is 7.69. The van der Waals surface area contributed by atoms with Crippen molar-refractivity contribution in [2.75, 3.05) is 19.0 Å². The molecule has 0 aliphatic carbocycles. The maximum Gasteiger partial charge on any atom is 0.221 e. The Morgan fingerprint density at radius 2 is 2.38 bits per heavy atom. The molecular formula is C9H12N2OS. The van der Waals surface area contributed by atoms with E-state index in [0.717, 1.165) is 5.88 Å². The highest BCUT2D eigenvalue weighted by atomic mass is 32.1. The quantitative estimate of drug-likeness (QED) is 0.593. The summed E-state index contributed by atoms with van der Waals surface area (Å²) in [6, 6.07) is 0. The van der Waals surface area contributed by atoms with Crippen molar-refractivity contribution in [2.24, 2.45) is 0 Å². The third-order valence-electron chi connectivity index (χ3n) is 1.37. The van der Waals surface area contributed by atoms with Crippen LogP contribution in [-0.2, 0) is 0 Å². The van der Waals surface area contributed by atoms with Crippen LogP contribution in [0.5, 0.6) is 0 Å². The molecule has 0 aromatic carbocycles. The Hall–Kier alpha value is -1.16. The molecule has 0 saturated heterocycles. The molecule has 13 heavy (non-hydrogen) atoms. The van der Waals surface area contributed by atoms with Crippen LogP contribution in [0.3, 0.4) is 0 Å². The molecule has 0 bridgehead atoms. The molecule has 4 heteroatoms. The van der Waals surface area contributed by atoms with Gasteiger partial charge >= 0.3 is 0 Å². The first-order chi connectivity index (χ1) is 6.09. The van der Waals surface area contributed by atoms with E-state index in [1.165, 1.54) is 0 Å². The molecule has 1 aromatic rings. The molecule has 0 aliphatic heterocycles. The molecule has 1 rings (SSSR count). The summed E-state index contributed by atoms with van der Waals surface area (Å²) >= 11 is 4.01. The fourth-order valence-electron chi connectivity index (χ4n) is 0.730. The van der Waals surface area contributed by atoms with Crippen LogP contribution in [0, 0.1) is 0 Å². The van der Waals surface area contributed by atoms with Crippen molar-refractivity contribution in [3.8, 4) is 0 Å². The van der Waals surface area contributed by atoms with Gasteiger partial charge in [0.2, 0.25) is 11.8 Å². The summed E-state index contributed by atoms with van der Waals surface area (Å²) in [4.78, 5) is 6.56. The third kappa shape index (κ3) is 2.99. The number of hydrogen-bond acceptors (Lipinski definition) is 4. The number of allylic oxidation sites excluding steroid dienone is 1. The molecule has 0 atom stereocenters. The minimum absolute atomic E-state index is 0.555. The third-order valence-corrected chi connectivity index (χ3v) is 1.52. The van der Waals surface area contributed by atoms with Gasteiger partial charge in [-0.2, -0.15) is 0 Å². The Morgan fingerprint density at radius 1 is 1.69 bits per heavy atom. The molecule has 0 N–H and O–H groups in total. The molecule has 1 aromatic heterocycles. The topological polar surface area (TPSA) is 29.3 Å². The van der Waals surface area contributed by atoms with Gasteiger partial charge in [0.05, 0.1) is 6.20 Å². The van der Waals surface area contributed by atoms with Crippen molar-refractivity contribution in [3.63, 3.8) is 0 Å². The highest BCUT2D eigenvalue weighted by Crippen LogP contribution is 2.14. The monoisotopic (exact) mass is 196 g/mol. The van der Waals surface area contributed by atoms with Crippen LogP contribution in [0.1, 0.15) is 5.89 Å². The van der Waals surface area contributed by atoms with E-state index in [9.17, 15) is 0 Å². The summed E-state index contributed by atoms with van der Waals surface area (Å²) in [7, 11) is 3.79. The summed E-state index contributed by atoms with van der Waals surface area (Å²) < 4.78 is 5.35. The van der Waals surface area contributed by atoms with Gasteiger partial charge in [-0.3, -0.25) is 0 Å². The minimum atomic E-state index is 0.555. The second kappa shape index (κ2) is 4.18. The lowest BCUT2D eigenvalue weighted by atomic mass is 10.5. The van der Waals surface area contributed by atoms with E-state index in [0.29, 0.717) is 10.8 Å². The van der Waals surface area contributed by atoms with E-state index < -0.39 is 0 Å². The van der Waals surface area contributed by atoms with E-state index in [1.807, 2.05) is 19.0 Å². The molecule has 0 unspecified atom stereocenters. The van der Waals surface area contributed by atoms with Crippen molar-refractivity contribution < 1.29 is 4.42 Å². The molecule has 3 nitrogen and oxygen atoms in total. The molecule has 70 valence electrons. The largest absolute Gasteiger partial charge is 0.421 e. The number of oxazole rings is 1. The van der Waals surface area contributed by atoms with Gasteiger partial charge in [-0.15, -0.1) is 12.6 Å². The number of anilines is 1. The Bertz CT molecular complexity index is 328. The number of hydrogen-bond donors (Lipinski definition) is 1. The molecular weight excluding hydrogens is 184 g/mol. The lowest BCUT2D eigenvalue weighted by molar-refractivity contribution is 0.545. The Balaban J connectivity index is 2.75. The van der Waals surface area contributed by atoms with Crippen LogP contribution in [0.25, 0.3) is 6.08 Å². The zero-order chi connectivity index (χ0) is 9.84. The van der Waals surface area contributed by atoms with Gasteiger partial charge in [0.25, 0.3) is 0 Å². The summed E-state index contributed by atoms with van der Waals surface area (Å²) in [5, 5.41) is 0. The summed E-state index contributed by atoms with van der Waals surface area (Å²) in [5.74, 6) is 1.28. The number of nitrogens with zero attached hydrogens (tertiary/aromatic N) is 2. The molecule has 0 fully saturated rings. The van der Waals surface area contributed by atoms with Gasteiger partial charge in [-0.1, -0.05) is 6.58 Å². The molecule has 1 heterocycles. The van der Waals surface area contributed by atoms with Gasteiger partial charge in [-0.25, -0.2) is 4.98 Å².